The number of rotatable bonds is 4. The minimum atomic E-state index is 0.900. The van der Waals surface area contributed by atoms with Crippen LogP contribution in [0.1, 0.15) is 0 Å². The summed E-state index contributed by atoms with van der Waals surface area (Å²) in [5.41, 5.74) is 11.8. The fourth-order valence-electron chi connectivity index (χ4n) is 8.40. The summed E-state index contributed by atoms with van der Waals surface area (Å²) in [6, 6.07) is 53.3. The topological polar surface area (TPSA) is 13.1 Å². The number of furan rings is 1. The monoisotopic (exact) mass is 684 g/mol. The molecule has 0 unspecified atom stereocenters. The molecule has 11 aromatic rings. The lowest BCUT2D eigenvalue weighted by atomic mass is 9.86. The van der Waals surface area contributed by atoms with Gasteiger partial charge in [0.1, 0.15) is 11.2 Å². The van der Waals surface area contributed by atoms with Crippen LogP contribution < -0.4 is 0 Å². The van der Waals surface area contributed by atoms with Crippen LogP contribution in [0, 0.1) is 0 Å². The highest BCUT2D eigenvalue weighted by Crippen LogP contribution is 2.47. The normalized spacial score (nSPS) is 11.9. The van der Waals surface area contributed by atoms with Gasteiger partial charge in [0.05, 0.1) is 0 Å². The van der Waals surface area contributed by atoms with E-state index in [1.807, 2.05) is 0 Å². The van der Waals surface area contributed by atoms with Crippen molar-refractivity contribution in [3.05, 3.63) is 167 Å². The van der Waals surface area contributed by atoms with Crippen molar-refractivity contribution >= 4 is 87.7 Å². The highest BCUT2D eigenvalue weighted by molar-refractivity contribution is 7.08. The molecule has 8 aromatic carbocycles. The summed E-state index contributed by atoms with van der Waals surface area (Å²) in [7, 11) is 0. The molecule has 0 saturated heterocycles. The second kappa shape index (κ2) is 11.3. The Hall–Kier alpha value is -6.00. The van der Waals surface area contributed by atoms with Crippen molar-refractivity contribution in [2.45, 2.75) is 0 Å². The van der Waals surface area contributed by atoms with Crippen LogP contribution in [-0.4, -0.2) is 0 Å². The van der Waals surface area contributed by atoms with Gasteiger partial charge in [-0.15, -0.1) is 0 Å². The van der Waals surface area contributed by atoms with Gasteiger partial charge >= 0.3 is 0 Å². The van der Waals surface area contributed by atoms with Gasteiger partial charge < -0.3 is 4.42 Å². The van der Waals surface area contributed by atoms with Crippen LogP contribution in [-0.2, 0) is 0 Å². The Morgan fingerprint density at radius 3 is 1.10 bits per heavy atom. The molecular weight excluding hydrogens is 657 g/mol. The third kappa shape index (κ3) is 4.32. The quantitative estimate of drug-likeness (QED) is 0.168. The van der Waals surface area contributed by atoms with Crippen LogP contribution in [0.4, 0.5) is 0 Å². The smallest absolute Gasteiger partial charge is 0.136 e. The van der Waals surface area contributed by atoms with Crippen molar-refractivity contribution < 1.29 is 4.42 Å². The first kappa shape index (κ1) is 28.8. The largest absolute Gasteiger partial charge is 0.456 e. The Kier molecular flexibility index (Phi) is 6.36. The maximum absolute atomic E-state index is 6.66. The molecule has 11 rings (SSSR count). The van der Waals surface area contributed by atoms with Gasteiger partial charge in [0, 0.05) is 10.8 Å². The summed E-state index contributed by atoms with van der Waals surface area (Å²) in [5, 5.41) is 21.2. The number of fused-ring (bicyclic) bond motifs is 7. The second-order valence-corrected chi connectivity index (χ2v) is 14.8. The highest BCUT2D eigenvalue weighted by atomic mass is 32.1. The van der Waals surface area contributed by atoms with Crippen LogP contribution in [0.2, 0.25) is 0 Å². The Bertz CT molecular complexity index is 3010. The average Bonchev–Trinajstić information content (AvgIpc) is 3.98. The molecule has 0 aliphatic rings. The summed E-state index contributed by atoms with van der Waals surface area (Å²) < 4.78 is 6.66. The molecule has 3 aromatic heterocycles. The first-order valence-electron chi connectivity index (χ1n) is 17.2. The first-order chi connectivity index (χ1) is 25.3. The van der Waals surface area contributed by atoms with Crippen LogP contribution >= 0.6 is 22.7 Å². The molecule has 0 aliphatic carbocycles. The van der Waals surface area contributed by atoms with Crippen molar-refractivity contribution in [3.63, 3.8) is 0 Å². The summed E-state index contributed by atoms with van der Waals surface area (Å²) in [6.45, 7) is 0. The predicted octanol–water partition coefficient (Wildman–Crippen LogP) is 15.0. The van der Waals surface area contributed by atoms with Crippen molar-refractivity contribution in [1.82, 2.24) is 0 Å². The SMILES string of the molecule is c1ccc2c(-c3ccc4c(c3)oc3ccc(-c5c6ccccc6c(-c6ccsc6)c6ccccc56)cc34)c3ccccc3c(-c3ccsc3)c2c1. The van der Waals surface area contributed by atoms with Gasteiger partial charge in [-0.1, -0.05) is 109 Å². The molecule has 0 atom stereocenters. The van der Waals surface area contributed by atoms with Crippen LogP contribution in [0.5, 0.6) is 0 Å². The molecular formula is C48H28OS2. The number of hydrogen-bond donors (Lipinski definition) is 0. The molecule has 51 heavy (non-hydrogen) atoms. The molecule has 0 amide bonds. The zero-order chi connectivity index (χ0) is 33.5. The Balaban J connectivity index is 1.13. The van der Waals surface area contributed by atoms with E-state index < -0.39 is 0 Å². The van der Waals surface area contributed by atoms with E-state index in [1.165, 1.54) is 82.0 Å². The van der Waals surface area contributed by atoms with Gasteiger partial charge in [0.25, 0.3) is 0 Å². The van der Waals surface area contributed by atoms with E-state index in [0.29, 0.717) is 0 Å². The van der Waals surface area contributed by atoms with E-state index in [1.54, 1.807) is 22.7 Å². The highest BCUT2D eigenvalue weighted by Gasteiger charge is 2.20. The van der Waals surface area contributed by atoms with Gasteiger partial charge in [-0.05, 0) is 146 Å². The van der Waals surface area contributed by atoms with E-state index in [2.05, 4.69) is 167 Å². The molecule has 3 heterocycles. The maximum Gasteiger partial charge on any atom is 0.136 e. The molecule has 0 spiro atoms. The van der Waals surface area contributed by atoms with Crippen molar-refractivity contribution in [1.29, 1.82) is 0 Å². The maximum atomic E-state index is 6.66. The minimum absolute atomic E-state index is 0.900. The zero-order valence-electron chi connectivity index (χ0n) is 27.4. The minimum Gasteiger partial charge on any atom is -0.456 e. The Labute approximate surface area is 302 Å². The molecule has 3 heteroatoms. The first-order valence-corrected chi connectivity index (χ1v) is 19.1. The van der Waals surface area contributed by atoms with Crippen molar-refractivity contribution in [3.8, 4) is 44.5 Å². The van der Waals surface area contributed by atoms with E-state index in [-0.39, 0.29) is 0 Å². The van der Waals surface area contributed by atoms with Gasteiger partial charge in [0.2, 0.25) is 0 Å². The van der Waals surface area contributed by atoms with Crippen LogP contribution in [0.25, 0.3) is 110 Å². The molecule has 0 bridgehead atoms. The standard InChI is InChI=1S/C48H28OS2/c1-5-13-38-34(9-1)45(35-10-2-6-14-39(35)47(38)31-21-23-50-27-31)29-18-20-43-42(25-29)33-19-17-30(26-44(33)49-43)46-36-11-3-7-15-40(36)48(32-22-24-51-28-32)41-16-8-4-12-37(41)46/h1-28H. The molecule has 0 saturated carbocycles. The van der Waals surface area contributed by atoms with E-state index in [4.69, 9.17) is 4.42 Å². The van der Waals surface area contributed by atoms with E-state index in [0.717, 1.165) is 27.5 Å². The van der Waals surface area contributed by atoms with Crippen LogP contribution in [0.15, 0.2) is 172 Å². The third-order valence-electron chi connectivity index (χ3n) is 10.5. The molecule has 0 radical (unpaired) electrons. The number of hydrogen-bond acceptors (Lipinski definition) is 3. The van der Waals surface area contributed by atoms with Crippen molar-refractivity contribution in [2.24, 2.45) is 0 Å². The average molecular weight is 685 g/mol. The zero-order valence-corrected chi connectivity index (χ0v) is 29.0. The van der Waals surface area contributed by atoms with E-state index >= 15 is 0 Å². The summed E-state index contributed by atoms with van der Waals surface area (Å²) in [4.78, 5) is 0. The van der Waals surface area contributed by atoms with Gasteiger partial charge in [0.15, 0.2) is 0 Å². The van der Waals surface area contributed by atoms with Gasteiger partial charge in [-0.3, -0.25) is 0 Å². The molecule has 0 N–H and O–H groups in total. The molecule has 0 aliphatic heterocycles. The van der Waals surface area contributed by atoms with Gasteiger partial charge in [-0.25, -0.2) is 0 Å². The fraction of sp³-hybridized carbons (Fsp3) is 0. The lowest BCUT2D eigenvalue weighted by molar-refractivity contribution is 0.669. The number of thiophene rings is 2. The predicted molar refractivity (Wildman–Crippen MR) is 221 cm³/mol. The fourth-order valence-corrected chi connectivity index (χ4v) is 9.70. The lowest BCUT2D eigenvalue weighted by Gasteiger charge is -2.17. The molecule has 0 fully saturated rings. The summed E-state index contributed by atoms with van der Waals surface area (Å²) in [5.74, 6) is 0. The number of benzene rings is 8. The third-order valence-corrected chi connectivity index (χ3v) is 11.9. The second-order valence-electron chi connectivity index (χ2n) is 13.2. The summed E-state index contributed by atoms with van der Waals surface area (Å²) >= 11 is 3.49. The van der Waals surface area contributed by atoms with Crippen molar-refractivity contribution in [2.75, 3.05) is 0 Å². The molecule has 238 valence electrons. The molecule has 1 nitrogen and oxygen atoms in total. The summed E-state index contributed by atoms with van der Waals surface area (Å²) in [6.07, 6.45) is 0. The Morgan fingerprint density at radius 2 is 0.686 bits per heavy atom. The lowest BCUT2D eigenvalue weighted by Crippen LogP contribution is -1.90. The van der Waals surface area contributed by atoms with Gasteiger partial charge in [-0.2, -0.15) is 22.7 Å². The Morgan fingerprint density at radius 1 is 0.294 bits per heavy atom. The van der Waals surface area contributed by atoms with E-state index in [9.17, 15) is 0 Å². The van der Waals surface area contributed by atoms with Crippen LogP contribution in [0.3, 0.4) is 0 Å².